The average Bonchev–Trinajstić information content (AvgIpc) is 2.77. The van der Waals surface area contributed by atoms with Crippen molar-refractivity contribution in [3.8, 4) is 0 Å². The normalized spacial score (nSPS) is 25.2. The number of carbonyl (C=O) groups excluding carboxylic acids is 3. The van der Waals surface area contributed by atoms with Crippen LogP contribution in [0.15, 0.2) is 24.3 Å². The number of hydrogen-bond donors (Lipinski definition) is 9. The maximum absolute atomic E-state index is 12.2. The van der Waals surface area contributed by atoms with Crippen LogP contribution in [0.4, 0.5) is 5.69 Å². The molecule has 4 atom stereocenters. The molecule has 12 heteroatoms. The summed E-state index contributed by atoms with van der Waals surface area (Å²) >= 11 is 0. The van der Waals surface area contributed by atoms with Crippen molar-refractivity contribution in [2.24, 2.45) is 5.73 Å². The van der Waals surface area contributed by atoms with Crippen LogP contribution < -0.4 is 43.1 Å². The highest BCUT2D eigenvalue weighted by Gasteiger charge is 2.38. The van der Waals surface area contributed by atoms with Crippen LogP contribution in [0.2, 0.25) is 0 Å². The van der Waals surface area contributed by atoms with Gasteiger partial charge < -0.3 is 16.0 Å². The Morgan fingerprint density at radius 3 is 2.68 bits per heavy atom. The molecule has 0 saturated carbocycles. The summed E-state index contributed by atoms with van der Waals surface area (Å²) in [6.07, 6.45) is 0.675. The number of nitrogens with one attached hydrogen (secondary N) is 7. The van der Waals surface area contributed by atoms with E-state index in [1.165, 1.54) is 0 Å². The number of hydroxylamine groups is 1. The Labute approximate surface area is 180 Å². The molecule has 3 amide bonds. The zero-order chi connectivity index (χ0) is 22.2. The molecule has 0 spiro atoms. The summed E-state index contributed by atoms with van der Waals surface area (Å²) in [6.45, 7) is 1.72. The summed E-state index contributed by atoms with van der Waals surface area (Å²) in [5.41, 5.74) is 8.70. The van der Waals surface area contributed by atoms with Gasteiger partial charge in [0.2, 0.25) is 11.8 Å². The third-order valence-electron chi connectivity index (χ3n) is 5.21. The number of amides is 3. The third-order valence-corrected chi connectivity index (χ3v) is 5.21. The van der Waals surface area contributed by atoms with Crippen LogP contribution in [0.5, 0.6) is 0 Å². The Balaban J connectivity index is 1.38. The Kier molecular flexibility index (Phi) is 8.14. The maximum atomic E-state index is 12.2. The largest absolute Gasteiger partial charge is 0.383 e. The van der Waals surface area contributed by atoms with Gasteiger partial charge in [-0.05, 0) is 37.1 Å². The number of rotatable bonds is 9. The van der Waals surface area contributed by atoms with Crippen molar-refractivity contribution in [3.05, 3.63) is 29.8 Å². The van der Waals surface area contributed by atoms with Gasteiger partial charge in [-0.2, -0.15) is 0 Å². The second kappa shape index (κ2) is 11.0. The van der Waals surface area contributed by atoms with Crippen molar-refractivity contribution in [3.63, 3.8) is 0 Å². The molecule has 1 aromatic rings. The number of nitrogens with two attached hydrogens (primary N) is 1. The molecule has 2 saturated heterocycles. The molecule has 10 N–H and O–H groups in total. The Hall–Kier alpha value is -2.77. The van der Waals surface area contributed by atoms with Crippen LogP contribution in [-0.2, 0) is 9.59 Å². The van der Waals surface area contributed by atoms with Crippen molar-refractivity contribution < 1.29 is 19.6 Å². The summed E-state index contributed by atoms with van der Waals surface area (Å²) < 4.78 is 0. The monoisotopic (exact) mass is 434 g/mol. The number of unbranched alkanes of at least 4 members (excludes halogenated alkanes) is 1. The average molecular weight is 435 g/mol. The summed E-state index contributed by atoms with van der Waals surface area (Å²) in [7, 11) is 0. The highest BCUT2D eigenvalue weighted by Crippen LogP contribution is 2.11. The Bertz CT molecular complexity index is 775. The molecule has 2 heterocycles. The van der Waals surface area contributed by atoms with E-state index in [0.29, 0.717) is 38.0 Å². The topological polar surface area (TPSA) is 182 Å². The first-order valence-corrected chi connectivity index (χ1v) is 10.3. The van der Waals surface area contributed by atoms with E-state index in [9.17, 15) is 14.4 Å². The van der Waals surface area contributed by atoms with E-state index in [4.69, 9.17) is 10.9 Å². The second-order valence-corrected chi connectivity index (χ2v) is 7.59. The molecule has 170 valence electrons. The van der Waals surface area contributed by atoms with Crippen molar-refractivity contribution >= 4 is 23.4 Å². The Morgan fingerprint density at radius 1 is 1.16 bits per heavy atom. The van der Waals surface area contributed by atoms with Gasteiger partial charge in [0.05, 0.1) is 6.17 Å². The van der Waals surface area contributed by atoms with Crippen molar-refractivity contribution in [1.82, 2.24) is 32.1 Å². The fourth-order valence-corrected chi connectivity index (χ4v) is 3.54. The zero-order valence-electron chi connectivity index (χ0n) is 17.1. The number of fused-ring (bicyclic) bond motifs is 1. The number of hydrogen-bond acceptors (Lipinski definition) is 9. The van der Waals surface area contributed by atoms with E-state index in [2.05, 4.69) is 31.9 Å². The third kappa shape index (κ3) is 6.60. The molecule has 1 aromatic carbocycles. The van der Waals surface area contributed by atoms with Crippen LogP contribution >= 0.6 is 0 Å². The van der Waals surface area contributed by atoms with E-state index in [0.717, 1.165) is 5.69 Å². The fourth-order valence-electron chi connectivity index (χ4n) is 3.54. The van der Waals surface area contributed by atoms with Crippen LogP contribution in [0.25, 0.3) is 0 Å². The molecule has 2 aliphatic rings. The van der Waals surface area contributed by atoms with Gasteiger partial charge in [0.25, 0.3) is 5.91 Å². The van der Waals surface area contributed by atoms with Crippen LogP contribution in [0.3, 0.4) is 0 Å². The molecule has 0 aliphatic carbocycles. The molecule has 0 aromatic heterocycles. The smallest absolute Gasteiger partial charge is 0.251 e. The first kappa shape index (κ1) is 22.9. The van der Waals surface area contributed by atoms with Crippen LogP contribution in [-0.4, -0.2) is 67.1 Å². The second-order valence-electron chi connectivity index (χ2n) is 7.59. The number of carbonyl (C=O) groups is 3. The molecule has 2 aliphatic heterocycles. The maximum Gasteiger partial charge on any atom is 0.251 e. The molecule has 3 rings (SSSR count). The number of anilines is 1. The van der Waals surface area contributed by atoms with E-state index in [1.807, 2.05) is 12.1 Å². The summed E-state index contributed by atoms with van der Waals surface area (Å²) in [5.74, 6) is -0.756. The molecular formula is C19H30N8O4. The minimum atomic E-state index is -0.554. The van der Waals surface area contributed by atoms with Crippen molar-refractivity contribution in [1.29, 1.82) is 0 Å². The number of piperazine rings is 1. The highest BCUT2D eigenvalue weighted by atomic mass is 16.5. The fraction of sp³-hybridized carbons (Fsp3) is 0.526. The zero-order valence-corrected chi connectivity index (χ0v) is 17.1. The molecule has 0 radical (unpaired) electrons. The predicted molar refractivity (Wildman–Crippen MR) is 113 cm³/mol. The lowest BCUT2D eigenvalue weighted by Gasteiger charge is -2.42. The van der Waals surface area contributed by atoms with E-state index < -0.39 is 18.2 Å². The van der Waals surface area contributed by atoms with E-state index in [1.54, 1.807) is 17.6 Å². The molecular weight excluding hydrogens is 404 g/mol. The van der Waals surface area contributed by atoms with Gasteiger partial charge in [-0.25, -0.2) is 5.48 Å². The first-order chi connectivity index (χ1) is 15.0. The molecule has 12 nitrogen and oxygen atoms in total. The standard InChI is InChI=1S/C19H30N8O4/c20-19-25-16-15(18(30)26-19)24-13(10-23-16)9-22-12-6-4-11(5-7-12)17(29)21-8-2-1-3-14(28)27-31/h4-7,13,15-16,19,22-25,31H,1-3,8-10,20H2,(H,21,29)(H,26,30)(H,27,28). The molecule has 2 fully saturated rings. The first-order valence-electron chi connectivity index (χ1n) is 10.3. The van der Waals surface area contributed by atoms with Gasteiger partial charge in [0.1, 0.15) is 12.3 Å². The van der Waals surface area contributed by atoms with Gasteiger partial charge in [0, 0.05) is 43.3 Å². The van der Waals surface area contributed by atoms with Gasteiger partial charge >= 0.3 is 0 Å². The van der Waals surface area contributed by atoms with Crippen molar-refractivity contribution in [2.45, 2.75) is 43.8 Å². The van der Waals surface area contributed by atoms with Gasteiger partial charge in [-0.1, -0.05) is 0 Å². The van der Waals surface area contributed by atoms with E-state index >= 15 is 0 Å². The summed E-state index contributed by atoms with van der Waals surface area (Å²) in [4.78, 5) is 35.2. The van der Waals surface area contributed by atoms with Gasteiger partial charge in [-0.3, -0.25) is 41.3 Å². The predicted octanol–water partition coefficient (Wildman–Crippen LogP) is -2.28. The SMILES string of the molecule is NC1NC(=O)C2NC(CNc3ccc(C(=O)NCCCCC(=O)NO)cc3)CNC2N1. The van der Waals surface area contributed by atoms with Crippen LogP contribution in [0, 0.1) is 0 Å². The van der Waals surface area contributed by atoms with Gasteiger partial charge in [0.15, 0.2) is 0 Å². The number of benzene rings is 1. The van der Waals surface area contributed by atoms with Crippen molar-refractivity contribution in [2.75, 3.05) is 25.0 Å². The minimum absolute atomic E-state index is 0.0408. The molecule has 31 heavy (non-hydrogen) atoms. The molecule has 4 unspecified atom stereocenters. The van der Waals surface area contributed by atoms with Crippen LogP contribution in [0.1, 0.15) is 29.6 Å². The van der Waals surface area contributed by atoms with Gasteiger partial charge in [-0.15, -0.1) is 0 Å². The lowest BCUT2D eigenvalue weighted by Crippen LogP contribution is -2.78. The lowest BCUT2D eigenvalue weighted by atomic mass is 10.1. The van der Waals surface area contributed by atoms with E-state index in [-0.39, 0.29) is 30.4 Å². The lowest BCUT2D eigenvalue weighted by molar-refractivity contribution is -0.129. The minimum Gasteiger partial charge on any atom is -0.383 e. The summed E-state index contributed by atoms with van der Waals surface area (Å²) in [6, 6.07) is 6.77. The Morgan fingerprint density at radius 2 is 1.94 bits per heavy atom. The molecule has 0 bridgehead atoms. The summed E-state index contributed by atoms with van der Waals surface area (Å²) in [5, 5.41) is 26.9. The highest BCUT2D eigenvalue weighted by molar-refractivity contribution is 5.94. The quantitative estimate of drug-likeness (QED) is 0.117.